The summed E-state index contributed by atoms with van der Waals surface area (Å²) in [5, 5.41) is 0. The van der Waals surface area contributed by atoms with E-state index in [1.807, 2.05) is 4.90 Å². The smallest absolute Gasteiger partial charge is 0.239 e. The number of benzene rings is 2. The molecule has 0 aromatic heterocycles. The first-order valence-corrected chi connectivity index (χ1v) is 9.66. The van der Waals surface area contributed by atoms with E-state index in [4.69, 9.17) is 0 Å². The summed E-state index contributed by atoms with van der Waals surface area (Å²) < 4.78 is 26.6. The van der Waals surface area contributed by atoms with E-state index in [0.29, 0.717) is 17.8 Å². The summed E-state index contributed by atoms with van der Waals surface area (Å²) >= 11 is 0. The van der Waals surface area contributed by atoms with Crippen LogP contribution in [0.5, 0.6) is 0 Å². The second kappa shape index (κ2) is 6.56. The highest BCUT2D eigenvalue weighted by Gasteiger charge is 2.64. The number of amides is 2. The number of rotatable bonds is 3. The summed E-state index contributed by atoms with van der Waals surface area (Å²) in [6.07, 6.45) is 1.59. The molecule has 3 fully saturated rings. The van der Waals surface area contributed by atoms with Crippen molar-refractivity contribution in [3.05, 3.63) is 65.7 Å². The van der Waals surface area contributed by atoms with Gasteiger partial charge in [-0.2, -0.15) is 0 Å². The number of Topliss-reactive ketones (excluding diaryl/α,β-unsaturated/α-hetero) is 1. The molecule has 29 heavy (non-hydrogen) atoms. The molecule has 0 aliphatic carbocycles. The Bertz CT molecular complexity index is 1010. The second-order valence-electron chi connectivity index (χ2n) is 7.80. The Hall–Kier alpha value is -2.93. The molecule has 4 atom stereocenters. The van der Waals surface area contributed by atoms with Gasteiger partial charge in [0.2, 0.25) is 11.8 Å². The molecular weight excluding hydrogens is 378 g/mol. The molecular formula is C22H18F2N2O3. The van der Waals surface area contributed by atoms with Gasteiger partial charge in [0, 0.05) is 11.6 Å². The van der Waals surface area contributed by atoms with Gasteiger partial charge < -0.3 is 0 Å². The molecule has 2 aromatic carbocycles. The molecule has 0 saturated carbocycles. The summed E-state index contributed by atoms with van der Waals surface area (Å²) in [7, 11) is 0. The number of imide groups is 1. The Kier molecular flexibility index (Phi) is 4.10. The van der Waals surface area contributed by atoms with Crippen LogP contribution in [-0.2, 0) is 9.59 Å². The van der Waals surface area contributed by atoms with Gasteiger partial charge in [-0.25, -0.2) is 13.7 Å². The maximum atomic E-state index is 13.3. The number of nitrogens with zero attached hydrogens (tertiary/aromatic N) is 2. The maximum Gasteiger partial charge on any atom is 0.239 e. The number of hydrogen-bond acceptors (Lipinski definition) is 4. The van der Waals surface area contributed by atoms with Gasteiger partial charge in [-0.05, 0) is 67.9 Å². The molecule has 7 heteroatoms. The third-order valence-corrected chi connectivity index (χ3v) is 6.33. The molecule has 0 bridgehead atoms. The SMILES string of the molecule is O=C(c1ccc(F)cc1)C1C2C(=O)N(c3ccc(F)cc3)C(=O)C2C2CCCN21. The molecule has 0 spiro atoms. The normalized spacial score (nSPS) is 28.7. The zero-order valence-corrected chi connectivity index (χ0v) is 15.4. The van der Waals surface area contributed by atoms with Gasteiger partial charge in [0.25, 0.3) is 0 Å². The third kappa shape index (κ3) is 2.64. The lowest BCUT2D eigenvalue weighted by Crippen LogP contribution is -2.46. The van der Waals surface area contributed by atoms with Crippen LogP contribution in [0, 0.1) is 23.5 Å². The van der Waals surface area contributed by atoms with Crippen molar-refractivity contribution in [3.8, 4) is 0 Å². The topological polar surface area (TPSA) is 57.7 Å². The van der Waals surface area contributed by atoms with Crippen molar-refractivity contribution >= 4 is 23.3 Å². The van der Waals surface area contributed by atoms with Crippen LogP contribution in [0.2, 0.25) is 0 Å². The van der Waals surface area contributed by atoms with E-state index >= 15 is 0 Å². The fourth-order valence-electron chi connectivity index (χ4n) is 5.14. The number of hydrogen-bond donors (Lipinski definition) is 0. The zero-order chi connectivity index (χ0) is 20.3. The molecule has 3 aliphatic rings. The highest BCUT2D eigenvalue weighted by molar-refractivity contribution is 6.24. The molecule has 0 radical (unpaired) electrons. The molecule has 2 aromatic rings. The maximum absolute atomic E-state index is 13.3. The fourth-order valence-corrected chi connectivity index (χ4v) is 5.14. The number of ketones is 1. The monoisotopic (exact) mass is 396 g/mol. The van der Waals surface area contributed by atoms with E-state index in [2.05, 4.69) is 0 Å². The van der Waals surface area contributed by atoms with Gasteiger partial charge in [-0.1, -0.05) is 0 Å². The highest BCUT2D eigenvalue weighted by Crippen LogP contribution is 2.48. The molecule has 148 valence electrons. The number of anilines is 1. The van der Waals surface area contributed by atoms with E-state index in [1.165, 1.54) is 48.5 Å². The van der Waals surface area contributed by atoms with Crippen LogP contribution in [0.4, 0.5) is 14.5 Å². The van der Waals surface area contributed by atoms with Gasteiger partial charge in [0.1, 0.15) is 11.6 Å². The Morgan fingerprint density at radius 2 is 1.45 bits per heavy atom. The van der Waals surface area contributed by atoms with Crippen molar-refractivity contribution in [2.45, 2.75) is 24.9 Å². The zero-order valence-electron chi connectivity index (χ0n) is 15.4. The Balaban J connectivity index is 1.54. The molecule has 4 unspecified atom stereocenters. The van der Waals surface area contributed by atoms with Crippen LogP contribution >= 0.6 is 0 Å². The van der Waals surface area contributed by atoms with E-state index in [9.17, 15) is 23.2 Å². The quantitative estimate of drug-likeness (QED) is 0.591. The van der Waals surface area contributed by atoms with Gasteiger partial charge >= 0.3 is 0 Å². The van der Waals surface area contributed by atoms with Crippen LogP contribution in [-0.4, -0.2) is 41.1 Å². The summed E-state index contributed by atoms with van der Waals surface area (Å²) in [5.74, 6) is -3.32. The molecule has 3 saturated heterocycles. The second-order valence-corrected chi connectivity index (χ2v) is 7.80. The molecule has 3 heterocycles. The van der Waals surface area contributed by atoms with E-state index in [1.54, 1.807) is 0 Å². The molecule has 5 rings (SSSR count). The lowest BCUT2D eigenvalue weighted by atomic mass is 9.85. The van der Waals surface area contributed by atoms with Crippen molar-refractivity contribution in [3.63, 3.8) is 0 Å². The molecule has 3 aliphatic heterocycles. The predicted molar refractivity (Wildman–Crippen MR) is 100 cm³/mol. The van der Waals surface area contributed by atoms with Crippen LogP contribution in [0.25, 0.3) is 0 Å². The first-order valence-electron chi connectivity index (χ1n) is 9.66. The van der Waals surface area contributed by atoms with Crippen LogP contribution in [0.15, 0.2) is 48.5 Å². The average molecular weight is 396 g/mol. The van der Waals surface area contributed by atoms with Crippen molar-refractivity contribution in [1.82, 2.24) is 4.90 Å². The van der Waals surface area contributed by atoms with E-state index < -0.39 is 35.4 Å². The predicted octanol–water partition coefficient (Wildman–Crippen LogP) is 2.80. The van der Waals surface area contributed by atoms with Gasteiger partial charge in [0.05, 0.1) is 23.6 Å². The Morgan fingerprint density at radius 3 is 2.10 bits per heavy atom. The minimum Gasteiger partial charge on any atom is -0.292 e. The molecule has 0 N–H and O–H groups in total. The van der Waals surface area contributed by atoms with Crippen LogP contribution in [0.3, 0.4) is 0 Å². The van der Waals surface area contributed by atoms with Crippen molar-refractivity contribution in [1.29, 1.82) is 0 Å². The minimum atomic E-state index is -0.782. The standard InChI is InChI=1S/C22H18F2N2O3/c23-13-5-3-12(4-6-13)20(27)19-18-17(16-2-1-11-25(16)19)21(28)26(22(18)29)15-9-7-14(24)8-10-15/h3-10,16-19H,1-2,11H2. The minimum absolute atomic E-state index is 0.170. The van der Waals surface area contributed by atoms with Crippen LogP contribution in [0.1, 0.15) is 23.2 Å². The fraction of sp³-hybridized carbons (Fsp3) is 0.318. The first-order chi connectivity index (χ1) is 14.0. The third-order valence-electron chi connectivity index (χ3n) is 6.33. The van der Waals surface area contributed by atoms with Crippen molar-refractivity contribution in [2.24, 2.45) is 11.8 Å². The van der Waals surface area contributed by atoms with Gasteiger partial charge in [0.15, 0.2) is 5.78 Å². The van der Waals surface area contributed by atoms with Crippen molar-refractivity contribution < 1.29 is 23.2 Å². The summed E-state index contributed by atoms with van der Waals surface area (Å²) in [6, 6.07) is 9.53. The lowest BCUT2D eigenvalue weighted by molar-refractivity contribution is -0.123. The van der Waals surface area contributed by atoms with Crippen LogP contribution < -0.4 is 4.90 Å². The van der Waals surface area contributed by atoms with Gasteiger partial charge in [-0.3, -0.25) is 19.3 Å². The number of carbonyl (C=O) groups excluding carboxylic acids is 3. The summed E-state index contributed by atoms with van der Waals surface area (Å²) in [4.78, 5) is 42.8. The molecule has 2 amide bonds. The number of carbonyl (C=O) groups is 3. The van der Waals surface area contributed by atoms with E-state index in [0.717, 1.165) is 17.7 Å². The first kappa shape index (κ1) is 18.1. The van der Waals surface area contributed by atoms with Crippen molar-refractivity contribution in [2.75, 3.05) is 11.4 Å². The van der Waals surface area contributed by atoms with Gasteiger partial charge in [-0.15, -0.1) is 0 Å². The molecule has 5 nitrogen and oxygen atoms in total. The highest BCUT2D eigenvalue weighted by atomic mass is 19.1. The lowest BCUT2D eigenvalue weighted by Gasteiger charge is -2.27. The largest absolute Gasteiger partial charge is 0.292 e. The Labute approximate surface area is 165 Å². The number of halogens is 2. The summed E-state index contributed by atoms with van der Waals surface area (Å²) in [6.45, 7) is 0.645. The van der Waals surface area contributed by atoms with E-state index in [-0.39, 0.29) is 17.7 Å². The Morgan fingerprint density at radius 1 is 0.862 bits per heavy atom. The average Bonchev–Trinajstić information content (AvgIpc) is 3.35. The summed E-state index contributed by atoms with van der Waals surface area (Å²) in [5.41, 5.74) is 0.636. The number of fused-ring (bicyclic) bond motifs is 3.